The summed E-state index contributed by atoms with van der Waals surface area (Å²) in [5.74, 6) is 0. The topological polar surface area (TPSA) is 66.9 Å². The molecule has 0 aromatic heterocycles. The van der Waals surface area contributed by atoms with Crippen LogP contribution in [-0.4, -0.2) is 31.0 Å². The zero-order chi connectivity index (χ0) is 35.9. The molecule has 0 saturated carbocycles. The fourth-order valence-corrected chi connectivity index (χ4v) is 10.4. The van der Waals surface area contributed by atoms with E-state index in [0.717, 1.165) is 18.5 Å². The summed E-state index contributed by atoms with van der Waals surface area (Å²) in [5.41, 5.74) is 2.35. The standard InChI is InChI=1S/C42H38N2P2.C2H4N.CO.Fe/c1-7-19-35(20-8-1)41(43-31-33-45(37-23-11-3-12-24-37)38-25-13-4-14-26-38)42(36-21-9-2-10-22-36)44-32-34-46(39-27-15-5-16-28-39)40-29-17-6-18-30-40;1-2-3;1-2;/h1-32,41-42H,33-34H2;2H,1H3;;/q;-1;;/p+2/t41-,42-;;;/m1.../s1. The fourth-order valence-electron chi connectivity index (χ4n) is 5.88. The van der Waals surface area contributed by atoms with Crippen LogP contribution < -0.4 is 21.2 Å². The van der Waals surface area contributed by atoms with Crippen molar-refractivity contribution >= 4 is 55.7 Å². The Morgan fingerprint density at radius 2 is 0.692 bits per heavy atom. The largest absolute Gasteiger partial charge is 0 e. The Morgan fingerprint density at radius 3 is 0.923 bits per heavy atom. The Labute approximate surface area is 322 Å². The number of hydrogen-bond acceptors (Lipinski definition) is 2. The van der Waals surface area contributed by atoms with Crippen LogP contribution in [0.25, 0.3) is 5.41 Å². The third-order valence-electron chi connectivity index (χ3n) is 8.19. The van der Waals surface area contributed by atoms with E-state index in [1.165, 1.54) is 32.3 Å². The van der Waals surface area contributed by atoms with E-state index < -0.39 is 15.8 Å². The number of hydrogen-bond donors (Lipinski definition) is 0. The number of nitrogens with zero attached hydrogens (tertiary/aromatic N) is 3. The molecule has 0 unspecified atom stereocenters. The van der Waals surface area contributed by atoms with Crippen molar-refractivity contribution in [2.75, 3.05) is 12.3 Å². The van der Waals surface area contributed by atoms with Gasteiger partial charge in [0.2, 0.25) is 0 Å². The Hall–Kier alpha value is -4.55. The van der Waals surface area contributed by atoms with Crippen LogP contribution in [0.5, 0.6) is 0 Å². The first-order valence-corrected chi connectivity index (χ1v) is 20.4. The second-order valence-corrected chi connectivity index (χ2v) is 16.5. The summed E-state index contributed by atoms with van der Waals surface area (Å²) in [7, 11) is -2.08. The molecule has 0 amide bonds. The van der Waals surface area contributed by atoms with Crippen molar-refractivity contribution < 1.29 is 21.7 Å². The third-order valence-corrected chi connectivity index (χ3v) is 13.5. The summed E-state index contributed by atoms with van der Waals surface area (Å²) in [6, 6.07) is 64.7. The molecule has 0 N–H and O–H groups in total. The van der Waals surface area contributed by atoms with Crippen molar-refractivity contribution in [1.82, 2.24) is 0 Å². The van der Waals surface area contributed by atoms with Gasteiger partial charge >= 0.3 is 11.3 Å². The first-order chi connectivity index (χ1) is 25.3. The minimum absolute atomic E-state index is 0. The maximum atomic E-state index is 7.50. The molecule has 2 atom stereocenters. The van der Waals surface area contributed by atoms with Gasteiger partial charge in [0.15, 0.2) is 0 Å². The minimum atomic E-state index is -1.04. The second kappa shape index (κ2) is 24.6. The Kier molecular flexibility index (Phi) is 19.8. The minimum Gasteiger partial charge on any atom is 0 e. The Balaban J connectivity index is 0.00000116. The van der Waals surface area contributed by atoms with Gasteiger partial charge in [-0.25, -0.2) is 6.21 Å². The summed E-state index contributed by atoms with van der Waals surface area (Å²) in [6.07, 6.45) is 7.17. The predicted molar refractivity (Wildman–Crippen MR) is 225 cm³/mol. The first kappa shape index (κ1) is 41.9. The zero-order valence-corrected chi connectivity index (χ0v) is 32.3. The van der Waals surface area contributed by atoms with Gasteiger partial charge in [-0.2, -0.15) is 0 Å². The molecule has 6 aromatic carbocycles. The fraction of sp³-hybridized carbons (Fsp3) is 0.111. The molecule has 0 fully saturated rings. The Bertz CT molecular complexity index is 1680. The summed E-state index contributed by atoms with van der Waals surface area (Å²) in [4.78, 5) is 10.7. The molecule has 0 saturated heterocycles. The van der Waals surface area contributed by atoms with Crippen LogP contribution in [0.4, 0.5) is 0 Å². The van der Waals surface area contributed by atoms with Crippen LogP contribution in [0, 0.1) is 6.65 Å². The van der Waals surface area contributed by atoms with E-state index in [2.05, 4.69) is 201 Å². The van der Waals surface area contributed by atoms with Crippen LogP contribution >= 0.6 is 15.8 Å². The summed E-state index contributed by atoms with van der Waals surface area (Å²) >= 11 is 0. The van der Waals surface area contributed by atoms with Gasteiger partial charge in [0.1, 0.15) is 24.4 Å². The van der Waals surface area contributed by atoms with Gasteiger partial charge in [-0.15, -0.1) is 0 Å². The first-order valence-electron chi connectivity index (χ1n) is 17.0. The monoisotopic (exact) mass is 760 g/mol. The van der Waals surface area contributed by atoms with Gasteiger partial charge in [0.25, 0.3) is 0 Å². The van der Waals surface area contributed by atoms with Gasteiger partial charge < -0.3 is 5.41 Å². The van der Waals surface area contributed by atoms with E-state index >= 15 is 0 Å². The van der Waals surface area contributed by atoms with Crippen LogP contribution in [0.1, 0.15) is 30.1 Å². The van der Waals surface area contributed by atoms with E-state index in [1.807, 2.05) is 0 Å². The van der Waals surface area contributed by atoms with E-state index in [1.54, 1.807) is 6.92 Å². The maximum Gasteiger partial charge on any atom is 0 e. The molecule has 262 valence electrons. The number of aliphatic imine (C=N–C) groups is 2. The molecular formula is C45H44FeN3OP2+. The molecule has 6 rings (SSSR count). The smallest absolute Gasteiger partial charge is 0 e. The molecule has 0 aliphatic rings. The average Bonchev–Trinajstić information content (AvgIpc) is 3.21. The summed E-state index contributed by atoms with van der Waals surface area (Å²) in [5, 5.41) is 13.0. The van der Waals surface area contributed by atoms with Crippen LogP contribution in [-0.2, 0) is 21.7 Å². The van der Waals surface area contributed by atoms with E-state index in [-0.39, 0.29) is 29.2 Å². The van der Waals surface area contributed by atoms with Gasteiger partial charge in [0, 0.05) is 29.5 Å². The molecule has 0 radical (unpaired) electrons. The SMILES string of the molecule is C(C[PH+](c1ccccc1)c1ccccc1)=N[C@H](c1ccccc1)[C@H](N=CC[PH+](c1ccccc1)c1ccccc1)c1ccccc1.CC=[N-].[C-]#[O+].[Fe]. The zero-order valence-electron chi connectivity index (χ0n) is 29.2. The van der Waals surface area contributed by atoms with Crippen LogP contribution in [0.15, 0.2) is 192 Å². The molecule has 52 heavy (non-hydrogen) atoms. The Morgan fingerprint density at radius 1 is 0.481 bits per heavy atom. The van der Waals surface area contributed by atoms with Crippen molar-refractivity contribution in [2.45, 2.75) is 19.0 Å². The normalized spacial score (nSPS) is 11.8. The summed E-state index contributed by atoms with van der Waals surface area (Å²) < 4.78 is 7.50. The average molecular weight is 761 g/mol. The van der Waals surface area contributed by atoms with Crippen LogP contribution in [0.3, 0.4) is 0 Å². The van der Waals surface area contributed by atoms with E-state index in [4.69, 9.17) is 20.0 Å². The van der Waals surface area contributed by atoms with E-state index in [0.29, 0.717) is 0 Å². The van der Waals surface area contributed by atoms with Crippen LogP contribution in [0.2, 0.25) is 0 Å². The molecule has 7 heteroatoms. The molecule has 0 heterocycles. The van der Waals surface area contributed by atoms with Gasteiger partial charge in [-0.05, 0) is 59.7 Å². The molecule has 0 aliphatic carbocycles. The summed E-state index contributed by atoms with van der Waals surface area (Å²) in [6.45, 7) is 6.06. The second-order valence-electron chi connectivity index (χ2n) is 11.5. The molecule has 0 spiro atoms. The quantitative estimate of drug-likeness (QED) is 0.0371. The van der Waals surface area contributed by atoms with Gasteiger partial charge in [-0.3, -0.25) is 9.98 Å². The predicted octanol–water partition coefficient (Wildman–Crippen LogP) is 8.95. The maximum absolute atomic E-state index is 7.50. The number of benzene rings is 6. The molecule has 0 bridgehead atoms. The van der Waals surface area contributed by atoms with E-state index in [9.17, 15) is 0 Å². The molecule has 0 aliphatic heterocycles. The number of rotatable bonds is 13. The van der Waals surface area contributed by atoms with Crippen molar-refractivity contribution in [3.63, 3.8) is 0 Å². The molecule has 4 nitrogen and oxygen atoms in total. The van der Waals surface area contributed by atoms with Gasteiger partial charge in [-0.1, -0.05) is 140 Å². The van der Waals surface area contributed by atoms with Gasteiger partial charge in [0.05, 0.1) is 37.1 Å². The van der Waals surface area contributed by atoms with Crippen molar-refractivity contribution in [3.8, 4) is 0 Å². The third kappa shape index (κ3) is 12.9. The van der Waals surface area contributed by atoms with Crippen molar-refractivity contribution in [1.29, 1.82) is 0 Å². The molecular weight excluding hydrogens is 716 g/mol. The molecule has 6 aromatic rings. The van der Waals surface area contributed by atoms with Crippen molar-refractivity contribution in [3.05, 3.63) is 205 Å². The van der Waals surface area contributed by atoms with Crippen molar-refractivity contribution in [2.24, 2.45) is 9.98 Å².